The fourth-order valence-corrected chi connectivity index (χ4v) is 9.34. The Kier molecular flexibility index (Phi) is 9.57. The zero-order valence-electron chi connectivity index (χ0n) is 30.8. The molecule has 4 atom stereocenters. The minimum Gasteiger partial charge on any atom is -0.465 e. The number of aromatic nitrogens is 4. The Labute approximate surface area is 308 Å². The van der Waals surface area contributed by atoms with Crippen LogP contribution in [-0.4, -0.2) is 88.7 Å². The van der Waals surface area contributed by atoms with Crippen LogP contribution in [0, 0.1) is 5.92 Å². The van der Waals surface area contributed by atoms with Gasteiger partial charge in [-0.3, -0.25) is 14.5 Å². The van der Waals surface area contributed by atoms with Crippen molar-refractivity contribution in [1.82, 2.24) is 34.6 Å². The van der Waals surface area contributed by atoms with Crippen LogP contribution in [0.15, 0.2) is 61.0 Å². The van der Waals surface area contributed by atoms with Crippen LogP contribution in [0.3, 0.4) is 0 Å². The maximum Gasteiger partial charge on any atom is 0.407 e. The Bertz CT molecular complexity index is 1910. The summed E-state index contributed by atoms with van der Waals surface area (Å²) in [7, 11) is 1.43. The van der Waals surface area contributed by atoms with Crippen molar-refractivity contribution in [2.24, 2.45) is 5.92 Å². The van der Waals surface area contributed by atoms with Gasteiger partial charge in [0.1, 0.15) is 17.7 Å². The minimum atomic E-state index is -2.70. The van der Waals surface area contributed by atoms with Crippen LogP contribution < -0.4 is 0 Å². The first kappa shape index (κ1) is 36.5. The summed E-state index contributed by atoms with van der Waals surface area (Å²) < 4.78 is 28.5. The van der Waals surface area contributed by atoms with Gasteiger partial charge in [-0.2, -0.15) is 0 Å². The van der Waals surface area contributed by atoms with Crippen molar-refractivity contribution in [3.8, 4) is 0 Å². The SMILES string of the molecule is CC(=O)N1C(c2nc(C3(c4c[nH]c([C@@H]5CCCN5C(=O)[C@H](C(C)C)N(C)C(=O)O)n4)C=CC(c4ccccc4)=CC3)c[nH]2)CCC12CCC(F)(F)CC2. The summed E-state index contributed by atoms with van der Waals surface area (Å²) in [5.41, 5.74) is 2.18. The quantitative estimate of drug-likeness (QED) is 0.221. The third kappa shape index (κ3) is 6.56. The zero-order valence-corrected chi connectivity index (χ0v) is 30.8. The standard InChI is InChI=1S/C40H49F2N7O4/c1-25(2)33(47(4)37(52)53)36(51)48-22-8-11-29(48)34-43-23-31(45-34)39(16-12-28(13-17-39)27-9-6-5-7-10-27)32-24-44-35(46-32)30-14-15-38(49(30)26(3)50)18-20-40(41,42)21-19-38/h5-7,9-10,12-13,16,23-25,29-30,33H,8,11,14-15,17-22H2,1-4H3,(H,43,45)(H,44,46)(H,52,53)/t29-,30?,33-,39?/m0/s1. The Morgan fingerprint density at radius 3 is 2.15 bits per heavy atom. The summed E-state index contributed by atoms with van der Waals surface area (Å²) in [6.45, 7) is 5.71. The molecule has 282 valence electrons. The predicted octanol–water partition coefficient (Wildman–Crippen LogP) is 7.39. The minimum absolute atomic E-state index is 0.139. The molecule has 2 saturated heterocycles. The molecule has 4 heterocycles. The first-order valence-corrected chi connectivity index (χ1v) is 18.8. The highest BCUT2D eigenvalue weighted by Crippen LogP contribution is 2.52. The molecule has 3 N–H and O–H groups in total. The number of benzene rings is 1. The van der Waals surface area contributed by atoms with Gasteiger partial charge < -0.3 is 24.9 Å². The number of allylic oxidation sites excluding steroid dienone is 4. The number of nitrogens with zero attached hydrogens (tertiary/aromatic N) is 5. The highest BCUT2D eigenvalue weighted by Gasteiger charge is 2.54. The lowest BCUT2D eigenvalue weighted by Gasteiger charge is -2.44. The summed E-state index contributed by atoms with van der Waals surface area (Å²) in [4.78, 5) is 60.7. The van der Waals surface area contributed by atoms with Gasteiger partial charge in [0, 0.05) is 51.3 Å². The summed E-state index contributed by atoms with van der Waals surface area (Å²) in [6, 6.07) is 8.57. The number of aromatic amines is 2. The predicted molar refractivity (Wildman–Crippen MR) is 195 cm³/mol. The molecule has 0 bridgehead atoms. The molecule has 1 aromatic carbocycles. The first-order chi connectivity index (χ1) is 25.3. The molecule has 53 heavy (non-hydrogen) atoms. The molecule has 4 aliphatic rings. The lowest BCUT2D eigenvalue weighted by atomic mass is 9.74. The molecule has 3 fully saturated rings. The Morgan fingerprint density at radius 2 is 1.58 bits per heavy atom. The van der Waals surface area contributed by atoms with Crippen LogP contribution in [-0.2, 0) is 15.0 Å². The van der Waals surface area contributed by atoms with Gasteiger partial charge in [-0.1, -0.05) is 62.4 Å². The molecule has 2 aliphatic heterocycles. The number of nitrogens with one attached hydrogen (secondary N) is 2. The molecule has 13 heteroatoms. The Hall–Kier alpha value is -4.81. The third-order valence-electron chi connectivity index (χ3n) is 12.1. The van der Waals surface area contributed by atoms with Gasteiger partial charge in [0.25, 0.3) is 0 Å². The van der Waals surface area contributed by atoms with Gasteiger partial charge in [-0.25, -0.2) is 23.5 Å². The largest absolute Gasteiger partial charge is 0.465 e. The average molecular weight is 730 g/mol. The fourth-order valence-electron chi connectivity index (χ4n) is 9.34. The van der Waals surface area contributed by atoms with Crippen LogP contribution in [0.4, 0.5) is 13.6 Å². The van der Waals surface area contributed by atoms with E-state index in [4.69, 9.17) is 9.97 Å². The molecular formula is C40H49F2N7O4. The zero-order chi connectivity index (χ0) is 37.7. The number of alkyl halides is 2. The van der Waals surface area contributed by atoms with Gasteiger partial charge in [0.05, 0.1) is 28.9 Å². The van der Waals surface area contributed by atoms with Crippen molar-refractivity contribution in [2.45, 2.75) is 114 Å². The van der Waals surface area contributed by atoms with Crippen molar-refractivity contribution >= 4 is 23.5 Å². The molecule has 2 aliphatic carbocycles. The van der Waals surface area contributed by atoms with Crippen molar-refractivity contribution in [3.05, 3.63) is 89.6 Å². The second-order valence-corrected chi connectivity index (χ2v) is 15.7. The van der Waals surface area contributed by atoms with Crippen molar-refractivity contribution < 1.29 is 28.3 Å². The van der Waals surface area contributed by atoms with E-state index in [-0.39, 0.29) is 55.5 Å². The van der Waals surface area contributed by atoms with Gasteiger partial charge in [0.2, 0.25) is 17.7 Å². The molecule has 1 spiro atoms. The maximum atomic E-state index is 14.2. The number of H-pyrrole nitrogens is 2. The van der Waals surface area contributed by atoms with E-state index >= 15 is 0 Å². The number of carboxylic acid groups (broad SMARTS) is 1. The number of amides is 3. The molecular weight excluding hydrogens is 680 g/mol. The second kappa shape index (κ2) is 13.9. The highest BCUT2D eigenvalue weighted by atomic mass is 19.3. The number of rotatable bonds is 8. The molecule has 3 aromatic rings. The molecule has 11 nitrogen and oxygen atoms in total. The van der Waals surface area contributed by atoms with Crippen molar-refractivity contribution in [2.75, 3.05) is 13.6 Å². The Morgan fingerprint density at radius 1 is 0.943 bits per heavy atom. The number of likely N-dealkylation sites (N-methyl/N-ethyl adjacent to an activating group) is 1. The van der Waals surface area contributed by atoms with Crippen LogP contribution in [0.25, 0.3) is 5.57 Å². The van der Waals surface area contributed by atoms with E-state index in [1.165, 1.54) is 14.0 Å². The molecule has 2 aromatic heterocycles. The smallest absolute Gasteiger partial charge is 0.407 e. The van der Waals surface area contributed by atoms with E-state index in [0.29, 0.717) is 55.3 Å². The van der Waals surface area contributed by atoms with Crippen LogP contribution in [0.1, 0.15) is 119 Å². The Balaban J connectivity index is 1.22. The molecule has 2 unspecified atom stereocenters. The summed E-state index contributed by atoms with van der Waals surface area (Å²) in [5.74, 6) is -2.05. The highest BCUT2D eigenvalue weighted by molar-refractivity contribution is 5.86. The van der Waals surface area contributed by atoms with E-state index in [0.717, 1.165) is 22.5 Å². The van der Waals surface area contributed by atoms with Crippen molar-refractivity contribution in [1.29, 1.82) is 0 Å². The fraction of sp³-hybridized carbons (Fsp3) is 0.525. The lowest BCUT2D eigenvalue weighted by Crippen LogP contribution is -2.51. The second-order valence-electron chi connectivity index (χ2n) is 15.7. The summed E-state index contributed by atoms with van der Waals surface area (Å²) in [5, 5.41) is 9.72. The number of imidazole rings is 2. The van der Waals surface area contributed by atoms with E-state index < -0.39 is 29.0 Å². The van der Waals surface area contributed by atoms with Gasteiger partial charge in [-0.05, 0) is 62.0 Å². The van der Waals surface area contributed by atoms with E-state index in [9.17, 15) is 28.3 Å². The monoisotopic (exact) mass is 729 g/mol. The number of carbonyl (C=O) groups is 3. The van der Waals surface area contributed by atoms with Gasteiger partial charge in [-0.15, -0.1) is 0 Å². The number of hydrogen-bond donors (Lipinski definition) is 3. The van der Waals surface area contributed by atoms with Crippen LogP contribution >= 0.6 is 0 Å². The average Bonchev–Trinajstić information content (AvgIpc) is 3.96. The number of halogens is 2. The number of hydrogen-bond acceptors (Lipinski definition) is 5. The lowest BCUT2D eigenvalue weighted by molar-refractivity contribution is -0.142. The van der Waals surface area contributed by atoms with Gasteiger partial charge >= 0.3 is 6.09 Å². The summed E-state index contributed by atoms with van der Waals surface area (Å²) >= 11 is 0. The van der Waals surface area contributed by atoms with Crippen molar-refractivity contribution in [3.63, 3.8) is 0 Å². The van der Waals surface area contributed by atoms with Crippen LogP contribution in [0.5, 0.6) is 0 Å². The first-order valence-electron chi connectivity index (χ1n) is 18.8. The molecule has 3 amide bonds. The summed E-state index contributed by atoms with van der Waals surface area (Å²) in [6.07, 6.45) is 12.3. The van der Waals surface area contributed by atoms with E-state index in [2.05, 4.69) is 40.3 Å². The molecule has 1 saturated carbocycles. The normalized spacial score (nSPS) is 25.5. The van der Waals surface area contributed by atoms with Crippen LogP contribution in [0.2, 0.25) is 0 Å². The maximum absolute atomic E-state index is 14.2. The molecule has 7 rings (SSSR count). The third-order valence-corrected chi connectivity index (χ3v) is 12.1. The van der Waals surface area contributed by atoms with E-state index in [1.807, 2.05) is 49.3 Å². The molecule has 0 radical (unpaired) electrons. The number of likely N-dealkylation sites (tertiary alicyclic amines) is 2. The van der Waals surface area contributed by atoms with E-state index in [1.54, 1.807) is 4.90 Å². The topological polar surface area (TPSA) is 139 Å². The van der Waals surface area contributed by atoms with Gasteiger partial charge in [0.15, 0.2) is 0 Å². The number of carbonyl (C=O) groups excluding carboxylic acids is 2.